The van der Waals surface area contributed by atoms with Gasteiger partial charge < -0.3 is 15.6 Å². The summed E-state index contributed by atoms with van der Waals surface area (Å²) in [6.07, 6.45) is 9.04. The van der Waals surface area contributed by atoms with E-state index < -0.39 is 0 Å². The van der Waals surface area contributed by atoms with Crippen molar-refractivity contribution in [2.75, 3.05) is 5.32 Å². The maximum atomic E-state index is 10.5. The molecule has 2 aromatic heterocycles. The second-order valence-corrected chi connectivity index (χ2v) is 5.38. The summed E-state index contributed by atoms with van der Waals surface area (Å²) < 4.78 is 0. The van der Waals surface area contributed by atoms with Crippen molar-refractivity contribution in [3.63, 3.8) is 0 Å². The summed E-state index contributed by atoms with van der Waals surface area (Å²) in [5.41, 5.74) is 2.62. The number of aromatic nitrogens is 2. The molecule has 2 aromatic rings. The molecule has 1 saturated carbocycles. The summed E-state index contributed by atoms with van der Waals surface area (Å²) in [4.78, 5) is 18.2. The van der Waals surface area contributed by atoms with E-state index in [-0.39, 0.29) is 0 Å². The summed E-state index contributed by atoms with van der Waals surface area (Å²) in [7, 11) is 0. The van der Waals surface area contributed by atoms with Gasteiger partial charge in [-0.3, -0.25) is 4.79 Å². The predicted molar refractivity (Wildman–Crippen MR) is 79.5 cm³/mol. The standard InChI is InChI=1S/C15H20N4O/c20-10-18-14-9-17-15-13(14)7-6-12(19-15)8-16-11-4-2-1-3-5-11/h6-7,9-11,16H,1-5,8H2,(H,17,19)(H,18,20). The molecule has 0 unspecified atom stereocenters. The van der Waals surface area contributed by atoms with Gasteiger partial charge in [0.15, 0.2) is 0 Å². The molecule has 106 valence electrons. The SMILES string of the molecule is O=CNc1c[nH]c2nc(CNC3CCCCC3)ccc12. The number of pyridine rings is 1. The van der Waals surface area contributed by atoms with Gasteiger partial charge in [-0.05, 0) is 25.0 Å². The van der Waals surface area contributed by atoms with Gasteiger partial charge >= 0.3 is 0 Å². The summed E-state index contributed by atoms with van der Waals surface area (Å²) in [6.45, 7) is 0.802. The number of hydrogen-bond donors (Lipinski definition) is 3. The quantitative estimate of drug-likeness (QED) is 0.733. The Balaban J connectivity index is 1.67. The van der Waals surface area contributed by atoms with E-state index in [0.29, 0.717) is 12.5 Å². The van der Waals surface area contributed by atoms with Crippen molar-refractivity contribution in [1.82, 2.24) is 15.3 Å². The molecule has 1 aliphatic rings. The van der Waals surface area contributed by atoms with Gasteiger partial charge in [-0.15, -0.1) is 0 Å². The Bertz CT molecular complexity index is 587. The highest BCUT2D eigenvalue weighted by Crippen LogP contribution is 2.22. The smallest absolute Gasteiger partial charge is 0.211 e. The van der Waals surface area contributed by atoms with Crippen LogP contribution in [0, 0.1) is 0 Å². The molecule has 0 bridgehead atoms. The fourth-order valence-electron chi connectivity index (χ4n) is 2.88. The van der Waals surface area contributed by atoms with Crippen molar-refractivity contribution >= 4 is 23.1 Å². The summed E-state index contributed by atoms with van der Waals surface area (Å²) in [5.74, 6) is 0. The van der Waals surface area contributed by atoms with Crippen LogP contribution in [0.2, 0.25) is 0 Å². The third-order valence-corrected chi connectivity index (χ3v) is 3.99. The van der Waals surface area contributed by atoms with Crippen molar-refractivity contribution in [1.29, 1.82) is 0 Å². The molecule has 1 aliphatic carbocycles. The number of carbonyl (C=O) groups excluding carboxylic acids is 1. The maximum Gasteiger partial charge on any atom is 0.211 e. The van der Waals surface area contributed by atoms with E-state index in [1.54, 1.807) is 6.20 Å². The molecule has 3 N–H and O–H groups in total. The van der Waals surface area contributed by atoms with Crippen LogP contribution in [0.5, 0.6) is 0 Å². The van der Waals surface area contributed by atoms with E-state index in [1.807, 2.05) is 12.1 Å². The Labute approximate surface area is 118 Å². The van der Waals surface area contributed by atoms with Gasteiger partial charge in [0.05, 0.1) is 11.4 Å². The molecule has 5 heteroatoms. The summed E-state index contributed by atoms with van der Waals surface area (Å²) in [6, 6.07) is 4.65. The molecule has 5 nitrogen and oxygen atoms in total. The first-order valence-corrected chi connectivity index (χ1v) is 7.27. The number of nitrogens with zero attached hydrogens (tertiary/aromatic N) is 1. The van der Waals surface area contributed by atoms with Crippen molar-refractivity contribution in [3.8, 4) is 0 Å². The molecule has 1 amide bonds. The van der Waals surface area contributed by atoms with Gasteiger partial charge in [0, 0.05) is 24.2 Å². The molecule has 3 rings (SSSR count). The average Bonchev–Trinajstić information content (AvgIpc) is 2.89. The third kappa shape index (κ3) is 2.82. The number of nitrogens with one attached hydrogen (secondary N) is 3. The molecular formula is C15H20N4O. The third-order valence-electron chi connectivity index (χ3n) is 3.99. The summed E-state index contributed by atoms with van der Waals surface area (Å²) in [5, 5.41) is 7.20. The van der Waals surface area contributed by atoms with Crippen LogP contribution in [-0.4, -0.2) is 22.4 Å². The van der Waals surface area contributed by atoms with Crippen LogP contribution in [0.4, 0.5) is 5.69 Å². The fraction of sp³-hybridized carbons (Fsp3) is 0.467. The van der Waals surface area contributed by atoms with E-state index in [2.05, 4.69) is 20.6 Å². The number of carbonyl (C=O) groups is 1. The largest absolute Gasteiger partial charge is 0.344 e. The fourth-order valence-corrected chi connectivity index (χ4v) is 2.88. The van der Waals surface area contributed by atoms with E-state index >= 15 is 0 Å². The van der Waals surface area contributed by atoms with Crippen molar-refractivity contribution in [2.45, 2.75) is 44.7 Å². The molecule has 2 heterocycles. The van der Waals surface area contributed by atoms with Crippen LogP contribution in [0.3, 0.4) is 0 Å². The Hall–Kier alpha value is -1.88. The van der Waals surface area contributed by atoms with E-state index in [0.717, 1.165) is 29.0 Å². The minimum absolute atomic E-state index is 0.636. The Morgan fingerprint density at radius 3 is 2.95 bits per heavy atom. The Morgan fingerprint density at radius 1 is 1.30 bits per heavy atom. The van der Waals surface area contributed by atoms with Crippen LogP contribution >= 0.6 is 0 Å². The lowest BCUT2D eigenvalue weighted by molar-refractivity contribution is -0.105. The van der Waals surface area contributed by atoms with Crippen LogP contribution in [0.25, 0.3) is 11.0 Å². The molecule has 1 fully saturated rings. The van der Waals surface area contributed by atoms with E-state index in [1.165, 1.54) is 32.1 Å². The maximum absolute atomic E-state index is 10.5. The van der Waals surface area contributed by atoms with Crippen LogP contribution in [-0.2, 0) is 11.3 Å². The zero-order valence-electron chi connectivity index (χ0n) is 11.5. The molecule has 0 spiro atoms. The monoisotopic (exact) mass is 272 g/mol. The zero-order valence-corrected chi connectivity index (χ0v) is 11.5. The summed E-state index contributed by atoms with van der Waals surface area (Å²) >= 11 is 0. The normalized spacial score (nSPS) is 16.4. The topological polar surface area (TPSA) is 69.8 Å². The number of H-pyrrole nitrogens is 1. The highest BCUT2D eigenvalue weighted by molar-refractivity contribution is 5.94. The lowest BCUT2D eigenvalue weighted by Gasteiger charge is -2.22. The van der Waals surface area contributed by atoms with Crippen molar-refractivity contribution in [2.24, 2.45) is 0 Å². The van der Waals surface area contributed by atoms with E-state index in [4.69, 9.17) is 0 Å². The molecular weight excluding hydrogens is 252 g/mol. The number of anilines is 1. The number of rotatable bonds is 5. The lowest BCUT2D eigenvalue weighted by atomic mass is 9.95. The first-order chi connectivity index (χ1) is 9.86. The zero-order chi connectivity index (χ0) is 13.8. The molecule has 0 aliphatic heterocycles. The van der Waals surface area contributed by atoms with Gasteiger partial charge in [-0.25, -0.2) is 4.98 Å². The minimum atomic E-state index is 0.636. The van der Waals surface area contributed by atoms with Crippen molar-refractivity contribution < 1.29 is 4.79 Å². The number of aromatic amines is 1. The molecule has 20 heavy (non-hydrogen) atoms. The van der Waals surface area contributed by atoms with Crippen LogP contribution in [0.15, 0.2) is 18.3 Å². The van der Waals surface area contributed by atoms with Gasteiger partial charge in [0.25, 0.3) is 0 Å². The van der Waals surface area contributed by atoms with Crippen LogP contribution in [0.1, 0.15) is 37.8 Å². The molecule has 0 saturated heterocycles. The minimum Gasteiger partial charge on any atom is -0.344 e. The van der Waals surface area contributed by atoms with Gasteiger partial charge in [-0.1, -0.05) is 19.3 Å². The first-order valence-electron chi connectivity index (χ1n) is 7.27. The number of amides is 1. The van der Waals surface area contributed by atoms with Gasteiger partial charge in [0.2, 0.25) is 6.41 Å². The number of hydrogen-bond acceptors (Lipinski definition) is 3. The average molecular weight is 272 g/mol. The number of fused-ring (bicyclic) bond motifs is 1. The van der Waals surface area contributed by atoms with Gasteiger partial charge in [-0.2, -0.15) is 0 Å². The van der Waals surface area contributed by atoms with Gasteiger partial charge in [0.1, 0.15) is 5.65 Å². The first kappa shape index (κ1) is 13.1. The Morgan fingerprint density at radius 2 is 2.15 bits per heavy atom. The predicted octanol–water partition coefficient (Wildman–Crippen LogP) is 2.55. The molecule has 0 radical (unpaired) electrons. The Kier molecular flexibility index (Phi) is 3.97. The second kappa shape index (κ2) is 6.05. The molecule has 0 atom stereocenters. The van der Waals surface area contributed by atoms with Crippen LogP contribution < -0.4 is 10.6 Å². The lowest BCUT2D eigenvalue weighted by Crippen LogP contribution is -2.30. The highest BCUT2D eigenvalue weighted by atomic mass is 16.1. The highest BCUT2D eigenvalue weighted by Gasteiger charge is 2.13. The van der Waals surface area contributed by atoms with E-state index in [9.17, 15) is 4.79 Å². The molecule has 0 aromatic carbocycles. The second-order valence-electron chi connectivity index (χ2n) is 5.38. The van der Waals surface area contributed by atoms with Crippen molar-refractivity contribution in [3.05, 3.63) is 24.0 Å².